The van der Waals surface area contributed by atoms with Crippen LogP contribution in [-0.4, -0.2) is 19.1 Å². The van der Waals surface area contributed by atoms with Gasteiger partial charge in [0.1, 0.15) is 17.9 Å². The molecule has 1 amide bonds. The van der Waals surface area contributed by atoms with Gasteiger partial charge in [-0.3, -0.25) is 14.5 Å². The van der Waals surface area contributed by atoms with E-state index in [4.69, 9.17) is 20.8 Å². The van der Waals surface area contributed by atoms with Gasteiger partial charge < -0.3 is 9.15 Å². The Hall–Kier alpha value is -2.79. The average Bonchev–Trinajstić information content (AvgIpc) is 2.62. The molecule has 126 valence electrons. The second kappa shape index (κ2) is 5.93. The number of para-hydroxylation sites is 2. The summed E-state index contributed by atoms with van der Waals surface area (Å²) in [6.45, 7) is 2.58. The van der Waals surface area contributed by atoms with Crippen LogP contribution in [0.25, 0.3) is 11.0 Å². The van der Waals surface area contributed by atoms with E-state index in [1.165, 1.54) is 6.07 Å². The topological polar surface area (TPSA) is 59.8 Å². The van der Waals surface area contributed by atoms with E-state index >= 15 is 0 Å². The van der Waals surface area contributed by atoms with E-state index < -0.39 is 0 Å². The van der Waals surface area contributed by atoms with Crippen LogP contribution in [0.2, 0.25) is 5.02 Å². The van der Waals surface area contributed by atoms with Crippen molar-refractivity contribution < 1.29 is 13.9 Å². The third-order valence-corrected chi connectivity index (χ3v) is 4.60. The van der Waals surface area contributed by atoms with E-state index in [0.717, 1.165) is 5.56 Å². The van der Waals surface area contributed by atoms with Crippen molar-refractivity contribution >= 4 is 34.2 Å². The lowest BCUT2D eigenvalue weighted by atomic mass is 10.1. The molecule has 0 atom stereocenters. The number of amides is 1. The summed E-state index contributed by atoms with van der Waals surface area (Å²) in [4.78, 5) is 26.9. The molecule has 3 aromatic rings. The molecule has 1 aliphatic rings. The number of halogens is 1. The molecule has 0 unspecified atom stereocenters. The van der Waals surface area contributed by atoms with Crippen LogP contribution in [0.15, 0.2) is 51.7 Å². The molecule has 0 fully saturated rings. The van der Waals surface area contributed by atoms with E-state index in [1.807, 2.05) is 19.1 Å². The van der Waals surface area contributed by atoms with Crippen LogP contribution in [0.4, 0.5) is 5.69 Å². The summed E-state index contributed by atoms with van der Waals surface area (Å²) in [5, 5.41) is 0.843. The van der Waals surface area contributed by atoms with Gasteiger partial charge in [-0.1, -0.05) is 23.7 Å². The molecule has 4 rings (SSSR count). The molecule has 2 heterocycles. The van der Waals surface area contributed by atoms with Crippen molar-refractivity contribution in [1.82, 2.24) is 0 Å². The van der Waals surface area contributed by atoms with Gasteiger partial charge in [0.2, 0.25) is 0 Å². The Morgan fingerprint density at radius 3 is 2.84 bits per heavy atom. The largest absolute Gasteiger partial charge is 0.490 e. The third-order valence-electron chi connectivity index (χ3n) is 4.19. The average molecular weight is 356 g/mol. The molecule has 1 aliphatic heterocycles. The fourth-order valence-electron chi connectivity index (χ4n) is 2.90. The fourth-order valence-corrected chi connectivity index (χ4v) is 3.06. The lowest BCUT2D eigenvalue weighted by Crippen LogP contribution is -2.38. The predicted molar refractivity (Wildman–Crippen MR) is 95.8 cm³/mol. The van der Waals surface area contributed by atoms with Crippen LogP contribution < -0.4 is 15.1 Å². The molecular formula is C19H14ClNO4. The van der Waals surface area contributed by atoms with E-state index in [2.05, 4.69) is 0 Å². The zero-order valence-electron chi connectivity index (χ0n) is 13.4. The Morgan fingerprint density at radius 2 is 2.00 bits per heavy atom. The van der Waals surface area contributed by atoms with Crippen LogP contribution in [0.3, 0.4) is 0 Å². The highest BCUT2D eigenvalue weighted by Crippen LogP contribution is 2.32. The number of fused-ring (bicyclic) bond motifs is 2. The summed E-state index contributed by atoms with van der Waals surface area (Å²) < 4.78 is 11.3. The lowest BCUT2D eigenvalue weighted by Gasteiger charge is -2.28. The van der Waals surface area contributed by atoms with Crippen LogP contribution >= 0.6 is 11.6 Å². The molecule has 2 aromatic carbocycles. The number of nitrogens with zero attached hydrogens (tertiary/aromatic N) is 1. The Kier molecular flexibility index (Phi) is 3.73. The van der Waals surface area contributed by atoms with E-state index in [1.54, 1.807) is 29.2 Å². The van der Waals surface area contributed by atoms with Crippen molar-refractivity contribution in [1.29, 1.82) is 0 Å². The molecule has 25 heavy (non-hydrogen) atoms. The zero-order chi connectivity index (χ0) is 17.6. The van der Waals surface area contributed by atoms with Gasteiger partial charge >= 0.3 is 0 Å². The van der Waals surface area contributed by atoms with Crippen molar-refractivity contribution in [2.45, 2.75) is 6.92 Å². The van der Waals surface area contributed by atoms with Gasteiger partial charge in [-0.05, 0) is 36.8 Å². The Balaban J connectivity index is 1.81. The minimum Gasteiger partial charge on any atom is -0.490 e. The molecule has 0 bridgehead atoms. The minimum absolute atomic E-state index is 0.00377. The maximum atomic E-state index is 12.9. The first-order chi connectivity index (χ1) is 12.0. The van der Waals surface area contributed by atoms with E-state index in [9.17, 15) is 9.59 Å². The molecule has 5 nitrogen and oxygen atoms in total. The number of hydrogen-bond acceptors (Lipinski definition) is 4. The standard InChI is InChI=1S/C19H14ClNO4/c1-11-8-17-12(9-13(11)20)15(22)10-18(25-17)19(23)21-6-7-24-16-5-3-2-4-14(16)21/h2-5,8-10H,6-7H2,1H3. The lowest BCUT2D eigenvalue weighted by molar-refractivity contribution is 0.0950. The molecule has 6 heteroatoms. The first kappa shape index (κ1) is 15.7. The molecule has 0 saturated carbocycles. The number of benzene rings is 2. The van der Waals surface area contributed by atoms with Gasteiger partial charge in [-0.2, -0.15) is 0 Å². The van der Waals surface area contributed by atoms with Crippen molar-refractivity contribution in [2.75, 3.05) is 18.1 Å². The van der Waals surface area contributed by atoms with Gasteiger partial charge in [-0.25, -0.2) is 0 Å². The number of rotatable bonds is 1. The summed E-state index contributed by atoms with van der Waals surface area (Å²) in [5.74, 6) is 0.256. The normalized spacial score (nSPS) is 13.4. The third kappa shape index (κ3) is 2.66. The first-order valence-corrected chi connectivity index (χ1v) is 8.20. The maximum Gasteiger partial charge on any atom is 0.294 e. The van der Waals surface area contributed by atoms with Crippen molar-refractivity contribution in [3.63, 3.8) is 0 Å². The number of anilines is 1. The first-order valence-electron chi connectivity index (χ1n) is 7.82. The van der Waals surface area contributed by atoms with Crippen molar-refractivity contribution in [3.05, 3.63) is 69.0 Å². The predicted octanol–water partition coefficient (Wildman–Crippen LogP) is 3.79. The molecule has 0 N–H and O–H groups in total. The summed E-state index contributed by atoms with van der Waals surface area (Å²) in [6, 6.07) is 11.7. The zero-order valence-corrected chi connectivity index (χ0v) is 14.2. The van der Waals surface area contributed by atoms with Crippen molar-refractivity contribution in [3.8, 4) is 5.75 Å². The molecule has 0 spiro atoms. The molecule has 0 aliphatic carbocycles. The summed E-state index contributed by atoms with van der Waals surface area (Å²) in [5.41, 5.74) is 1.49. The van der Waals surface area contributed by atoms with Gasteiger partial charge in [-0.15, -0.1) is 0 Å². The number of hydrogen-bond donors (Lipinski definition) is 0. The quantitative estimate of drug-likeness (QED) is 0.666. The van der Waals surface area contributed by atoms with E-state index in [0.29, 0.717) is 40.6 Å². The van der Waals surface area contributed by atoms with Crippen LogP contribution in [0, 0.1) is 6.92 Å². The summed E-state index contributed by atoms with van der Waals surface area (Å²) in [7, 11) is 0. The second-order valence-electron chi connectivity index (χ2n) is 5.85. The highest BCUT2D eigenvalue weighted by atomic mass is 35.5. The van der Waals surface area contributed by atoms with Crippen molar-refractivity contribution in [2.24, 2.45) is 0 Å². The highest BCUT2D eigenvalue weighted by molar-refractivity contribution is 6.32. The highest BCUT2D eigenvalue weighted by Gasteiger charge is 2.26. The van der Waals surface area contributed by atoms with Crippen LogP contribution in [0.1, 0.15) is 16.1 Å². The smallest absolute Gasteiger partial charge is 0.294 e. The number of aryl methyl sites for hydroxylation is 1. The Labute approximate surface area is 148 Å². The van der Waals surface area contributed by atoms with Gasteiger partial charge in [0.25, 0.3) is 5.91 Å². The number of carbonyl (C=O) groups excluding carboxylic acids is 1. The van der Waals surface area contributed by atoms with E-state index in [-0.39, 0.29) is 17.1 Å². The number of ether oxygens (including phenoxy) is 1. The summed E-state index contributed by atoms with van der Waals surface area (Å²) in [6.07, 6.45) is 0. The monoisotopic (exact) mass is 355 g/mol. The molecular weight excluding hydrogens is 342 g/mol. The van der Waals surface area contributed by atoms with Crippen LogP contribution in [-0.2, 0) is 0 Å². The second-order valence-corrected chi connectivity index (χ2v) is 6.25. The van der Waals surface area contributed by atoms with Gasteiger partial charge in [0, 0.05) is 11.1 Å². The molecule has 1 aromatic heterocycles. The SMILES string of the molecule is Cc1cc2oc(C(=O)N3CCOc4ccccc43)cc(=O)c2cc1Cl. The number of carbonyl (C=O) groups is 1. The van der Waals surface area contributed by atoms with Gasteiger partial charge in [0.05, 0.1) is 17.6 Å². The fraction of sp³-hybridized carbons (Fsp3) is 0.158. The maximum absolute atomic E-state index is 12.9. The molecule has 0 radical (unpaired) electrons. The Bertz CT molecular complexity index is 1060. The minimum atomic E-state index is -0.373. The van der Waals surface area contributed by atoms with Gasteiger partial charge in [0.15, 0.2) is 11.2 Å². The molecule has 0 saturated heterocycles. The Morgan fingerprint density at radius 1 is 1.20 bits per heavy atom. The summed E-state index contributed by atoms with van der Waals surface area (Å²) >= 11 is 6.07. The van der Waals surface area contributed by atoms with Crippen LogP contribution in [0.5, 0.6) is 5.75 Å².